The minimum Gasteiger partial charge on any atom is -0.462 e. The summed E-state index contributed by atoms with van der Waals surface area (Å²) in [5.41, 5.74) is 4.51. The Morgan fingerprint density at radius 1 is 1.37 bits per heavy atom. The summed E-state index contributed by atoms with van der Waals surface area (Å²) in [4.78, 5) is 7.27. The van der Waals surface area contributed by atoms with E-state index in [1.54, 1.807) is 6.33 Å². The van der Waals surface area contributed by atoms with Crippen LogP contribution in [0, 0.1) is 6.92 Å². The van der Waals surface area contributed by atoms with E-state index in [4.69, 9.17) is 9.47 Å². The highest BCUT2D eigenvalue weighted by Crippen LogP contribution is 2.36. The van der Waals surface area contributed by atoms with Gasteiger partial charge < -0.3 is 14.5 Å². The molecule has 1 aliphatic rings. The van der Waals surface area contributed by atoms with Crippen LogP contribution in [0.2, 0.25) is 0 Å². The van der Waals surface area contributed by atoms with Crippen LogP contribution in [-0.2, 0) is 17.8 Å². The van der Waals surface area contributed by atoms with Crippen LogP contribution in [0.25, 0.3) is 0 Å². The smallest absolute Gasteiger partial charge is 0.205 e. The molecule has 3 rings (SSSR count). The number of ether oxygens (including phenoxy) is 2. The van der Waals surface area contributed by atoms with E-state index < -0.39 is 5.79 Å². The molecular formula is C15H18N2O2. The summed E-state index contributed by atoms with van der Waals surface area (Å²) >= 11 is 0. The molecule has 0 atom stereocenters. The Bertz CT molecular complexity index is 588. The summed E-state index contributed by atoms with van der Waals surface area (Å²) in [5, 5.41) is 0. The summed E-state index contributed by atoms with van der Waals surface area (Å²) in [6.45, 7) is 6.56. The molecule has 2 aromatic rings. The SMILES string of the molecule is Cc1cc2c(c(Cc3c[nH]cn3)c1)OC(C)(C)OC2. The van der Waals surface area contributed by atoms with Crippen molar-refractivity contribution in [3.63, 3.8) is 0 Å². The Balaban J connectivity index is 2.01. The lowest BCUT2D eigenvalue weighted by atomic mass is 10.0. The number of benzene rings is 1. The predicted molar refractivity (Wildman–Crippen MR) is 72.1 cm³/mol. The second-order valence-corrected chi connectivity index (χ2v) is 5.44. The molecule has 0 fully saturated rings. The largest absolute Gasteiger partial charge is 0.462 e. The highest BCUT2D eigenvalue weighted by atomic mass is 16.7. The van der Waals surface area contributed by atoms with Gasteiger partial charge in [0.2, 0.25) is 5.79 Å². The first-order chi connectivity index (χ1) is 9.03. The fraction of sp³-hybridized carbons (Fsp3) is 0.400. The number of aromatic amines is 1. The van der Waals surface area contributed by atoms with E-state index in [-0.39, 0.29) is 0 Å². The zero-order valence-electron chi connectivity index (χ0n) is 11.5. The summed E-state index contributed by atoms with van der Waals surface area (Å²) < 4.78 is 11.7. The third kappa shape index (κ3) is 2.49. The number of nitrogens with zero attached hydrogens (tertiary/aromatic N) is 1. The number of rotatable bonds is 2. The van der Waals surface area contributed by atoms with Crippen molar-refractivity contribution in [3.05, 3.63) is 47.0 Å². The topological polar surface area (TPSA) is 47.1 Å². The van der Waals surface area contributed by atoms with Crippen LogP contribution in [0.5, 0.6) is 5.75 Å². The van der Waals surface area contributed by atoms with Crippen molar-refractivity contribution in [1.29, 1.82) is 0 Å². The van der Waals surface area contributed by atoms with Crippen LogP contribution >= 0.6 is 0 Å². The Kier molecular flexibility index (Phi) is 2.82. The van der Waals surface area contributed by atoms with Crippen LogP contribution in [0.4, 0.5) is 0 Å². The fourth-order valence-corrected chi connectivity index (χ4v) is 2.41. The minimum absolute atomic E-state index is 0.567. The average molecular weight is 258 g/mol. The van der Waals surface area contributed by atoms with E-state index in [0.717, 1.165) is 23.4 Å². The minimum atomic E-state index is -0.567. The van der Waals surface area contributed by atoms with Gasteiger partial charge in [-0.15, -0.1) is 0 Å². The number of nitrogens with one attached hydrogen (secondary N) is 1. The van der Waals surface area contributed by atoms with Crippen LogP contribution in [0.15, 0.2) is 24.7 Å². The molecule has 0 amide bonds. The van der Waals surface area contributed by atoms with Crippen molar-refractivity contribution in [2.24, 2.45) is 0 Å². The van der Waals surface area contributed by atoms with Gasteiger partial charge in [-0.3, -0.25) is 0 Å². The molecule has 1 aromatic heterocycles. The number of H-pyrrole nitrogens is 1. The molecule has 0 bridgehead atoms. The number of hydrogen-bond donors (Lipinski definition) is 1. The molecule has 1 aromatic carbocycles. The van der Waals surface area contributed by atoms with Gasteiger partial charge >= 0.3 is 0 Å². The number of aryl methyl sites for hydroxylation is 1. The Morgan fingerprint density at radius 2 is 2.21 bits per heavy atom. The Labute approximate surface area is 112 Å². The number of fused-ring (bicyclic) bond motifs is 1. The molecule has 0 spiro atoms. The number of hydrogen-bond acceptors (Lipinski definition) is 3. The third-order valence-electron chi connectivity index (χ3n) is 3.24. The van der Waals surface area contributed by atoms with Crippen LogP contribution < -0.4 is 4.74 Å². The lowest BCUT2D eigenvalue weighted by Crippen LogP contribution is -2.35. The molecule has 4 nitrogen and oxygen atoms in total. The van der Waals surface area contributed by atoms with Gasteiger partial charge in [0.05, 0.1) is 18.6 Å². The first-order valence-corrected chi connectivity index (χ1v) is 6.46. The fourth-order valence-electron chi connectivity index (χ4n) is 2.41. The maximum atomic E-state index is 5.99. The van der Waals surface area contributed by atoms with Crippen LogP contribution in [0.1, 0.15) is 36.2 Å². The van der Waals surface area contributed by atoms with Crippen molar-refractivity contribution in [2.45, 2.75) is 39.6 Å². The van der Waals surface area contributed by atoms with Gasteiger partial charge in [-0.1, -0.05) is 17.7 Å². The standard InChI is InChI=1S/C15H18N2O2/c1-10-4-11(6-13-7-16-9-17-13)14-12(5-10)8-18-15(2,3)19-14/h4-5,7,9H,6,8H2,1-3H3,(H,16,17). The maximum absolute atomic E-state index is 5.99. The van der Waals surface area contributed by atoms with Gasteiger partial charge in [-0.2, -0.15) is 0 Å². The van der Waals surface area contributed by atoms with Crippen LogP contribution in [0.3, 0.4) is 0 Å². The molecule has 0 aliphatic carbocycles. The van der Waals surface area contributed by atoms with Crippen molar-refractivity contribution in [3.8, 4) is 5.75 Å². The summed E-state index contributed by atoms with van der Waals surface area (Å²) in [5.74, 6) is 0.382. The molecule has 100 valence electrons. The quantitative estimate of drug-likeness (QED) is 0.900. The van der Waals surface area contributed by atoms with Crippen molar-refractivity contribution < 1.29 is 9.47 Å². The first-order valence-electron chi connectivity index (χ1n) is 6.46. The third-order valence-corrected chi connectivity index (χ3v) is 3.24. The van der Waals surface area contributed by atoms with Crippen molar-refractivity contribution in [1.82, 2.24) is 9.97 Å². The summed E-state index contributed by atoms with van der Waals surface area (Å²) in [7, 11) is 0. The van der Waals surface area contributed by atoms with E-state index in [0.29, 0.717) is 6.61 Å². The van der Waals surface area contributed by atoms with Gasteiger partial charge in [0.25, 0.3) is 0 Å². The zero-order valence-corrected chi connectivity index (χ0v) is 11.5. The normalized spacial score (nSPS) is 16.8. The molecule has 0 unspecified atom stereocenters. The first kappa shape index (κ1) is 12.2. The molecule has 1 N–H and O–H groups in total. The van der Waals surface area contributed by atoms with Gasteiger partial charge in [-0.05, 0) is 6.92 Å². The predicted octanol–water partition coefficient (Wildman–Crippen LogP) is 2.95. The van der Waals surface area contributed by atoms with Gasteiger partial charge in [0, 0.05) is 37.6 Å². The van der Waals surface area contributed by atoms with Gasteiger partial charge in [-0.25, -0.2) is 4.98 Å². The molecular weight excluding hydrogens is 240 g/mol. The van der Waals surface area contributed by atoms with Gasteiger partial charge in [0.15, 0.2) is 0 Å². The average Bonchev–Trinajstić information content (AvgIpc) is 2.82. The molecule has 0 saturated heterocycles. The van der Waals surface area contributed by atoms with Crippen molar-refractivity contribution >= 4 is 0 Å². The molecule has 2 heterocycles. The number of imidazole rings is 1. The van der Waals surface area contributed by atoms with Gasteiger partial charge in [0.1, 0.15) is 5.75 Å². The van der Waals surface area contributed by atoms with E-state index in [1.807, 2.05) is 20.0 Å². The highest BCUT2D eigenvalue weighted by molar-refractivity contribution is 5.46. The van der Waals surface area contributed by atoms with Crippen LogP contribution in [-0.4, -0.2) is 15.8 Å². The monoisotopic (exact) mass is 258 g/mol. The molecule has 4 heteroatoms. The number of aromatic nitrogens is 2. The van der Waals surface area contributed by atoms with E-state index >= 15 is 0 Å². The van der Waals surface area contributed by atoms with E-state index in [2.05, 4.69) is 29.0 Å². The Morgan fingerprint density at radius 3 is 2.95 bits per heavy atom. The summed E-state index contributed by atoms with van der Waals surface area (Å²) in [6, 6.07) is 4.29. The Hall–Kier alpha value is -1.81. The van der Waals surface area contributed by atoms with E-state index in [9.17, 15) is 0 Å². The zero-order chi connectivity index (χ0) is 13.5. The highest BCUT2D eigenvalue weighted by Gasteiger charge is 2.29. The molecule has 19 heavy (non-hydrogen) atoms. The molecule has 0 radical (unpaired) electrons. The molecule has 1 aliphatic heterocycles. The second kappa shape index (κ2) is 4.38. The van der Waals surface area contributed by atoms with E-state index in [1.165, 1.54) is 11.1 Å². The summed E-state index contributed by atoms with van der Waals surface area (Å²) in [6.07, 6.45) is 4.38. The van der Waals surface area contributed by atoms with Crippen molar-refractivity contribution in [2.75, 3.05) is 0 Å². The molecule has 0 saturated carbocycles. The lowest BCUT2D eigenvalue weighted by molar-refractivity contribution is -0.180. The second-order valence-electron chi connectivity index (χ2n) is 5.44. The lowest BCUT2D eigenvalue weighted by Gasteiger charge is -2.34. The maximum Gasteiger partial charge on any atom is 0.205 e.